The van der Waals surface area contributed by atoms with E-state index in [1.165, 1.54) is 19.3 Å². The van der Waals surface area contributed by atoms with Crippen LogP contribution in [0, 0.1) is 0 Å². The Morgan fingerprint density at radius 2 is 1.76 bits per heavy atom. The summed E-state index contributed by atoms with van der Waals surface area (Å²) in [6.45, 7) is 1.67. The third-order valence-electron chi connectivity index (χ3n) is 7.06. The fourth-order valence-electron chi connectivity index (χ4n) is 5.35. The molecule has 29 heavy (non-hydrogen) atoms. The van der Waals surface area contributed by atoms with Gasteiger partial charge in [-0.25, -0.2) is 4.98 Å². The second-order valence-electron chi connectivity index (χ2n) is 8.85. The lowest BCUT2D eigenvalue weighted by Crippen LogP contribution is -2.44. The molecule has 3 aromatic rings. The first kappa shape index (κ1) is 18.5. The average molecular weight is 391 g/mol. The Morgan fingerprint density at radius 3 is 2.48 bits per heavy atom. The van der Waals surface area contributed by atoms with Crippen LogP contribution in [0.1, 0.15) is 63.1 Å². The fraction of sp³-hybridized carbons (Fsp3) is 0.500. The molecule has 152 valence electrons. The standard InChI is InChI=1S/C24H30N4O/c29-22(18-24(12-4-1-5-13-24)28-14-6-7-15-28)27-16-10-19(11-17-27)23-25-20-8-2-3-9-21(20)26-23/h2-3,6-9,14-15,19H,1,4-5,10-13,16-18H2,(H,25,26). The Morgan fingerprint density at radius 1 is 1.03 bits per heavy atom. The average Bonchev–Trinajstić information content (AvgIpc) is 3.45. The van der Waals surface area contributed by atoms with Crippen molar-refractivity contribution in [3.63, 3.8) is 0 Å². The molecule has 0 bridgehead atoms. The molecular weight excluding hydrogens is 360 g/mol. The van der Waals surface area contributed by atoms with Crippen molar-refractivity contribution in [2.45, 2.75) is 62.8 Å². The molecule has 1 N–H and O–H groups in total. The van der Waals surface area contributed by atoms with Gasteiger partial charge in [-0.05, 0) is 49.9 Å². The van der Waals surface area contributed by atoms with Crippen molar-refractivity contribution in [2.24, 2.45) is 0 Å². The molecule has 0 unspecified atom stereocenters. The second-order valence-corrected chi connectivity index (χ2v) is 8.85. The van der Waals surface area contributed by atoms with Gasteiger partial charge in [0, 0.05) is 31.4 Å². The SMILES string of the molecule is O=C(CC1(n2cccc2)CCCCC1)N1CCC(c2nc3ccccc3[nH]2)CC1. The molecule has 5 heteroatoms. The topological polar surface area (TPSA) is 53.9 Å². The van der Waals surface area contributed by atoms with Gasteiger partial charge in [-0.2, -0.15) is 0 Å². The number of benzene rings is 1. The first-order valence-corrected chi connectivity index (χ1v) is 11.1. The number of nitrogens with one attached hydrogen (secondary N) is 1. The number of amides is 1. The number of aromatic amines is 1. The number of hydrogen-bond donors (Lipinski definition) is 1. The van der Waals surface area contributed by atoms with Crippen LogP contribution < -0.4 is 0 Å². The first-order chi connectivity index (χ1) is 14.2. The van der Waals surface area contributed by atoms with Crippen LogP contribution in [0.2, 0.25) is 0 Å². The first-order valence-electron chi connectivity index (χ1n) is 11.1. The minimum Gasteiger partial charge on any atom is -0.348 e. The van der Waals surface area contributed by atoms with Gasteiger partial charge in [0.15, 0.2) is 0 Å². The molecule has 3 heterocycles. The molecule has 1 amide bonds. The minimum atomic E-state index is -0.0194. The summed E-state index contributed by atoms with van der Waals surface area (Å²) in [4.78, 5) is 23.6. The zero-order valence-electron chi connectivity index (χ0n) is 17.0. The van der Waals surface area contributed by atoms with Gasteiger partial charge in [0.1, 0.15) is 5.82 Å². The maximum absolute atomic E-state index is 13.2. The summed E-state index contributed by atoms with van der Waals surface area (Å²) >= 11 is 0. The highest BCUT2D eigenvalue weighted by Gasteiger charge is 2.37. The third-order valence-corrected chi connectivity index (χ3v) is 7.06. The van der Waals surface area contributed by atoms with Crippen molar-refractivity contribution >= 4 is 16.9 Å². The molecule has 0 spiro atoms. The van der Waals surface area contributed by atoms with Gasteiger partial charge in [0.05, 0.1) is 23.0 Å². The van der Waals surface area contributed by atoms with Crippen LogP contribution in [0.4, 0.5) is 0 Å². The smallest absolute Gasteiger partial charge is 0.224 e. The van der Waals surface area contributed by atoms with Crippen molar-refractivity contribution in [3.8, 4) is 0 Å². The fourth-order valence-corrected chi connectivity index (χ4v) is 5.35. The molecule has 1 saturated heterocycles. The highest BCUT2D eigenvalue weighted by molar-refractivity contribution is 5.77. The monoisotopic (exact) mass is 390 g/mol. The number of carbonyl (C=O) groups excluding carboxylic acids is 1. The number of fused-ring (bicyclic) bond motifs is 1. The number of carbonyl (C=O) groups is 1. The van der Waals surface area contributed by atoms with Crippen molar-refractivity contribution in [1.29, 1.82) is 0 Å². The molecule has 0 radical (unpaired) electrons. The van der Waals surface area contributed by atoms with E-state index in [2.05, 4.69) is 51.1 Å². The number of H-pyrrole nitrogens is 1. The van der Waals surface area contributed by atoms with Crippen LogP contribution in [0.25, 0.3) is 11.0 Å². The van der Waals surface area contributed by atoms with Gasteiger partial charge in [0.25, 0.3) is 0 Å². The number of piperidine rings is 1. The highest BCUT2D eigenvalue weighted by atomic mass is 16.2. The van der Waals surface area contributed by atoms with Crippen molar-refractivity contribution < 1.29 is 4.79 Å². The predicted octanol–water partition coefficient (Wildman–Crippen LogP) is 4.82. The molecule has 2 aliphatic rings. The molecular formula is C24H30N4O. The maximum Gasteiger partial charge on any atom is 0.224 e. The zero-order valence-corrected chi connectivity index (χ0v) is 17.0. The summed E-state index contributed by atoms with van der Waals surface area (Å²) in [5.74, 6) is 1.82. The normalized spacial score (nSPS) is 20.2. The summed E-state index contributed by atoms with van der Waals surface area (Å²) < 4.78 is 2.31. The minimum absolute atomic E-state index is 0.0194. The van der Waals surface area contributed by atoms with Crippen molar-refractivity contribution in [1.82, 2.24) is 19.4 Å². The number of likely N-dealkylation sites (tertiary alicyclic amines) is 1. The Kier molecular flexibility index (Phi) is 4.90. The summed E-state index contributed by atoms with van der Waals surface area (Å²) in [5, 5.41) is 0. The number of imidazole rings is 1. The van der Waals surface area contributed by atoms with Gasteiger partial charge >= 0.3 is 0 Å². The second kappa shape index (κ2) is 7.69. The van der Waals surface area contributed by atoms with Gasteiger partial charge < -0.3 is 14.5 Å². The molecule has 0 atom stereocenters. The van der Waals surface area contributed by atoms with Gasteiger partial charge in [0.2, 0.25) is 5.91 Å². The van der Waals surface area contributed by atoms with Crippen LogP contribution in [-0.2, 0) is 10.3 Å². The zero-order chi connectivity index (χ0) is 19.7. The van der Waals surface area contributed by atoms with E-state index in [1.54, 1.807) is 0 Å². The van der Waals surface area contributed by atoms with E-state index in [0.29, 0.717) is 18.2 Å². The van der Waals surface area contributed by atoms with Gasteiger partial charge in [-0.1, -0.05) is 31.4 Å². The number of para-hydroxylation sites is 2. The van der Waals surface area contributed by atoms with Gasteiger partial charge in [-0.15, -0.1) is 0 Å². The predicted molar refractivity (Wildman–Crippen MR) is 115 cm³/mol. The lowest BCUT2D eigenvalue weighted by Gasteiger charge is -2.41. The summed E-state index contributed by atoms with van der Waals surface area (Å²) in [7, 11) is 0. The Labute approximate surface area is 172 Å². The van der Waals surface area contributed by atoms with E-state index in [1.807, 2.05) is 12.1 Å². The third kappa shape index (κ3) is 3.59. The number of rotatable bonds is 4. The van der Waals surface area contributed by atoms with Crippen LogP contribution in [0.5, 0.6) is 0 Å². The van der Waals surface area contributed by atoms with Crippen LogP contribution >= 0.6 is 0 Å². The van der Waals surface area contributed by atoms with E-state index in [-0.39, 0.29) is 5.54 Å². The quantitative estimate of drug-likeness (QED) is 0.694. The molecule has 1 aliphatic carbocycles. The Balaban J connectivity index is 1.25. The number of aromatic nitrogens is 3. The molecule has 2 fully saturated rings. The summed E-state index contributed by atoms with van der Waals surface area (Å²) in [6, 6.07) is 12.4. The molecule has 1 aromatic carbocycles. The lowest BCUT2D eigenvalue weighted by molar-refractivity contribution is -0.135. The van der Waals surface area contributed by atoms with Crippen molar-refractivity contribution in [3.05, 3.63) is 54.6 Å². The van der Waals surface area contributed by atoms with Crippen LogP contribution in [0.15, 0.2) is 48.8 Å². The summed E-state index contributed by atoms with van der Waals surface area (Å²) in [5.41, 5.74) is 2.12. The maximum atomic E-state index is 13.2. The Hall–Kier alpha value is -2.56. The lowest BCUT2D eigenvalue weighted by atomic mass is 9.78. The number of nitrogens with zero attached hydrogens (tertiary/aromatic N) is 3. The molecule has 5 nitrogen and oxygen atoms in total. The van der Waals surface area contributed by atoms with Crippen LogP contribution in [-0.4, -0.2) is 38.4 Å². The van der Waals surface area contributed by atoms with E-state index in [0.717, 1.165) is 55.6 Å². The van der Waals surface area contributed by atoms with Crippen LogP contribution in [0.3, 0.4) is 0 Å². The highest BCUT2D eigenvalue weighted by Crippen LogP contribution is 2.39. The molecule has 1 saturated carbocycles. The van der Waals surface area contributed by atoms with E-state index in [4.69, 9.17) is 4.98 Å². The molecule has 1 aliphatic heterocycles. The molecule has 2 aromatic heterocycles. The van der Waals surface area contributed by atoms with Gasteiger partial charge in [-0.3, -0.25) is 4.79 Å². The van der Waals surface area contributed by atoms with E-state index < -0.39 is 0 Å². The summed E-state index contributed by atoms with van der Waals surface area (Å²) in [6.07, 6.45) is 12.9. The van der Waals surface area contributed by atoms with Crippen molar-refractivity contribution in [2.75, 3.05) is 13.1 Å². The van der Waals surface area contributed by atoms with E-state index in [9.17, 15) is 4.79 Å². The largest absolute Gasteiger partial charge is 0.348 e. The Bertz CT molecular complexity index is 927. The number of hydrogen-bond acceptors (Lipinski definition) is 2. The molecule has 5 rings (SSSR count). The van der Waals surface area contributed by atoms with E-state index >= 15 is 0 Å².